The van der Waals surface area contributed by atoms with Crippen molar-refractivity contribution in [3.63, 3.8) is 0 Å². The Morgan fingerprint density at radius 1 is 1.18 bits per heavy atom. The van der Waals surface area contributed by atoms with Gasteiger partial charge >= 0.3 is 0 Å². The first-order chi connectivity index (χ1) is 7.96. The van der Waals surface area contributed by atoms with Crippen LogP contribution in [0.1, 0.15) is 33.1 Å². The van der Waals surface area contributed by atoms with Crippen LogP contribution in [0, 0.1) is 0 Å². The molecule has 2 heterocycles. The summed E-state index contributed by atoms with van der Waals surface area (Å²) >= 11 is 0. The third-order valence-electron chi connectivity index (χ3n) is 3.83. The molecule has 0 saturated carbocycles. The topological polar surface area (TPSA) is 49.4 Å². The molecule has 4 nitrogen and oxygen atoms in total. The van der Waals surface area contributed by atoms with E-state index in [2.05, 4.69) is 24.1 Å². The first kappa shape index (κ1) is 13.3. The van der Waals surface area contributed by atoms with Crippen molar-refractivity contribution in [3.05, 3.63) is 0 Å². The number of sulfone groups is 1. The van der Waals surface area contributed by atoms with Gasteiger partial charge in [-0.1, -0.05) is 13.8 Å². The first-order valence-corrected chi connectivity index (χ1v) is 8.49. The second-order valence-corrected chi connectivity index (χ2v) is 7.99. The Hall–Kier alpha value is -0.130. The maximum atomic E-state index is 11.4. The summed E-state index contributed by atoms with van der Waals surface area (Å²) in [5, 5.41) is 3.57. The fourth-order valence-corrected chi connectivity index (χ4v) is 4.44. The largest absolute Gasteiger partial charge is 0.310 e. The molecule has 0 aliphatic carbocycles. The molecule has 2 fully saturated rings. The maximum absolute atomic E-state index is 11.4. The van der Waals surface area contributed by atoms with Crippen LogP contribution in [0.3, 0.4) is 0 Å². The molecule has 0 aromatic rings. The number of nitrogens with one attached hydrogen (secondary N) is 1. The molecule has 2 rings (SSSR count). The zero-order chi connectivity index (χ0) is 12.5. The van der Waals surface area contributed by atoms with E-state index in [9.17, 15) is 8.42 Å². The van der Waals surface area contributed by atoms with Crippen molar-refractivity contribution in [2.45, 2.75) is 51.2 Å². The lowest BCUT2D eigenvalue weighted by atomic mass is 10.1. The van der Waals surface area contributed by atoms with E-state index in [1.54, 1.807) is 0 Å². The van der Waals surface area contributed by atoms with Gasteiger partial charge in [0.15, 0.2) is 0 Å². The second kappa shape index (κ2) is 5.24. The Labute approximate surface area is 105 Å². The van der Waals surface area contributed by atoms with Gasteiger partial charge < -0.3 is 5.32 Å². The smallest absolute Gasteiger partial charge is 0.150 e. The SMILES string of the molecule is CC(C)NC1CCN(C2CCS(=O)(=O)CC2)C1. The Morgan fingerprint density at radius 3 is 2.41 bits per heavy atom. The maximum Gasteiger partial charge on any atom is 0.150 e. The molecule has 17 heavy (non-hydrogen) atoms. The first-order valence-electron chi connectivity index (χ1n) is 6.67. The third kappa shape index (κ3) is 3.66. The molecule has 5 heteroatoms. The highest BCUT2D eigenvalue weighted by molar-refractivity contribution is 7.91. The number of hydrogen-bond acceptors (Lipinski definition) is 4. The minimum Gasteiger partial charge on any atom is -0.310 e. The molecule has 0 spiro atoms. The molecule has 0 radical (unpaired) electrons. The summed E-state index contributed by atoms with van der Waals surface area (Å²) in [6.45, 7) is 6.56. The number of hydrogen-bond donors (Lipinski definition) is 1. The normalized spacial score (nSPS) is 31.1. The van der Waals surface area contributed by atoms with E-state index < -0.39 is 9.84 Å². The van der Waals surface area contributed by atoms with Gasteiger partial charge in [-0.15, -0.1) is 0 Å². The summed E-state index contributed by atoms with van der Waals surface area (Å²) in [7, 11) is -2.72. The fraction of sp³-hybridized carbons (Fsp3) is 1.00. The molecule has 0 amide bonds. The molecule has 1 unspecified atom stereocenters. The van der Waals surface area contributed by atoms with Crippen LogP contribution in [-0.4, -0.2) is 56.0 Å². The number of nitrogens with zero attached hydrogens (tertiary/aromatic N) is 1. The van der Waals surface area contributed by atoms with Gasteiger partial charge in [0.05, 0.1) is 11.5 Å². The molecule has 0 bridgehead atoms. The van der Waals surface area contributed by atoms with E-state index in [4.69, 9.17) is 0 Å². The van der Waals surface area contributed by atoms with E-state index in [-0.39, 0.29) is 0 Å². The Balaban J connectivity index is 1.81. The van der Waals surface area contributed by atoms with Crippen LogP contribution in [0.5, 0.6) is 0 Å². The van der Waals surface area contributed by atoms with E-state index >= 15 is 0 Å². The lowest BCUT2D eigenvalue weighted by molar-refractivity contribution is 0.220. The predicted octanol–water partition coefficient (Wildman–Crippen LogP) is 0.636. The zero-order valence-corrected chi connectivity index (χ0v) is 11.7. The summed E-state index contributed by atoms with van der Waals surface area (Å²) in [6, 6.07) is 1.62. The Bertz CT molecular complexity index is 340. The van der Waals surface area contributed by atoms with Crippen molar-refractivity contribution in [2.75, 3.05) is 24.6 Å². The molecule has 2 aliphatic rings. The monoisotopic (exact) mass is 260 g/mol. The molecular formula is C12H24N2O2S. The van der Waals surface area contributed by atoms with E-state index in [0.29, 0.717) is 29.6 Å². The number of likely N-dealkylation sites (tertiary alicyclic amines) is 1. The summed E-state index contributed by atoms with van der Waals surface area (Å²) in [5.74, 6) is 0.771. The molecule has 0 aromatic carbocycles. The Morgan fingerprint density at radius 2 is 1.82 bits per heavy atom. The Kier molecular flexibility index (Phi) is 4.10. The van der Waals surface area contributed by atoms with E-state index in [0.717, 1.165) is 25.9 Å². The van der Waals surface area contributed by atoms with Gasteiger partial charge in [-0.05, 0) is 19.3 Å². The van der Waals surface area contributed by atoms with Crippen molar-refractivity contribution >= 4 is 9.84 Å². The molecule has 0 aromatic heterocycles. The predicted molar refractivity (Wildman–Crippen MR) is 69.9 cm³/mol. The van der Waals surface area contributed by atoms with Gasteiger partial charge in [-0.2, -0.15) is 0 Å². The van der Waals surface area contributed by atoms with Crippen LogP contribution in [0.25, 0.3) is 0 Å². The lowest BCUT2D eigenvalue weighted by Gasteiger charge is -2.31. The molecule has 2 saturated heterocycles. The fourth-order valence-electron chi connectivity index (χ4n) is 2.97. The summed E-state index contributed by atoms with van der Waals surface area (Å²) in [6.07, 6.45) is 2.86. The molecule has 2 aliphatic heterocycles. The second-order valence-electron chi connectivity index (χ2n) is 5.68. The molecular weight excluding hydrogens is 236 g/mol. The zero-order valence-electron chi connectivity index (χ0n) is 10.9. The lowest BCUT2D eigenvalue weighted by Crippen LogP contribution is -2.42. The van der Waals surface area contributed by atoms with Gasteiger partial charge in [0.1, 0.15) is 9.84 Å². The third-order valence-corrected chi connectivity index (χ3v) is 5.54. The number of rotatable bonds is 3. The molecule has 100 valence electrons. The minimum atomic E-state index is -2.72. The summed E-state index contributed by atoms with van der Waals surface area (Å²) in [5.41, 5.74) is 0. The molecule has 1 N–H and O–H groups in total. The summed E-state index contributed by atoms with van der Waals surface area (Å²) in [4.78, 5) is 2.48. The van der Waals surface area contributed by atoms with Crippen LogP contribution in [-0.2, 0) is 9.84 Å². The van der Waals surface area contributed by atoms with Gasteiger partial charge in [-0.3, -0.25) is 4.90 Å². The quantitative estimate of drug-likeness (QED) is 0.809. The van der Waals surface area contributed by atoms with Crippen LogP contribution < -0.4 is 5.32 Å². The van der Waals surface area contributed by atoms with Gasteiger partial charge in [-0.25, -0.2) is 8.42 Å². The van der Waals surface area contributed by atoms with Crippen molar-refractivity contribution in [3.8, 4) is 0 Å². The average Bonchev–Trinajstić information content (AvgIpc) is 2.65. The minimum absolute atomic E-state index is 0.385. The van der Waals surface area contributed by atoms with Gasteiger partial charge in [0, 0.05) is 31.2 Å². The van der Waals surface area contributed by atoms with Crippen LogP contribution >= 0.6 is 0 Å². The van der Waals surface area contributed by atoms with Crippen LogP contribution in [0.2, 0.25) is 0 Å². The standard InChI is InChI=1S/C12H24N2O2S/c1-10(2)13-11-3-6-14(9-11)12-4-7-17(15,16)8-5-12/h10-13H,3-9H2,1-2H3. The van der Waals surface area contributed by atoms with Crippen LogP contribution in [0.15, 0.2) is 0 Å². The molecule has 1 atom stereocenters. The highest BCUT2D eigenvalue weighted by Crippen LogP contribution is 2.22. The van der Waals surface area contributed by atoms with Crippen molar-refractivity contribution in [1.82, 2.24) is 10.2 Å². The summed E-state index contributed by atoms with van der Waals surface area (Å²) < 4.78 is 22.8. The van der Waals surface area contributed by atoms with Crippen molar-refractivity contribution in [1.29, 1.82) is 0 Å². The highest BCUT2D eigenvalue weighted by atomic mass is 32.2. The van der Waals surface area contributed by atoms with Gasteiger partial charge in [0.25, 0.3) is 0 Å². The van der Waals surface area contributed by atoms with E-state index in [1.807, 2.05) is 0 Å². The van der Waals surface area contributed by atoms with Crippen molar-refractivity contribution in [2.24, 2.45) is 0 Å². The van der Waals surface area contributed by atoms with Crippen LogP contribution in [0.4, 0.5) is 0 Å². The average molecular weight is 260 g/mol. The highest BCUT2D eigenvalue weighted by Gasteiger charge is 2.32. The van der Waals surface area contributed by atoms with E-state index in [1.165, 1.54) is 6.42 Å². The van der Waals surface area contributed by atoms with Gasteiger partial charge in [0.2, 0.25) is 0 Å². The van der Waals surface area contributed by atoms with Crippen molar-refractivity contribution < 1.29 is 8.42 Å².